The number of aliphatic carboxylic acids is 3. The Morgan fingerprint density at radius 1 is 0.846 bits per heavy atom. The number of carboxylic acids is 3. The van der Waals surface area contributed by atoms with Gasteiger partial charge in [-0.1, -0.05) is 34.1 Å². The van der Waals surface area contributed by atoms with Crippen molar-refractivity contribution in [3.8, 4) is 0 Å². The lowest BCUT2D eigenvalue weighted by Crippen LogP contribution is -2.34. The average molecular weight is 606 g/mol. The van der Waals surface area contributed by atoms with E-state index in [1.165, 1.54) is 24.3 Å². The van der Waals surface area contributed by atoms with E-state index < -0.39 is 41.0 Å². The van der Waals surface area contributed by atoms with Crippen LogP contribution in [0.1, 0.15) is 53.4 Å². The van der Waals surface area contributed by atoms with Crippen molar-refractivity contribution in [2.75, 3.05) is 12.3 Å². The topological polar surface area (TPSA) is 285 Å². The second-order valence-corrected chi connectivity index (χ2v) is 8.76. The third-order valence-electron chi connectivity index (χ3n) is 4.44. The zero-order valence-corrected chi connectivity index (χ0v) is 24.4. The number of hydrogen-bond donors (Lipinski definition) is 8. The summed E-state index contributed by atoms with van der Waals surface area (Å²) in [7, 11) is 0. The van der Waals surface area contributed by atoms with Gasteiger partial charge in [0.1, 0.15) is 18.1 Å². The van der Waals surface area contributed by atoms with Gasteiger partial charge in [-0.25, -0.2) is 0 Å². The van der Waals surface area contributed by atoms with E-state index in [0.29, 0.717) is 31.0 Å². The number of benzene rings is 1. The predicted molar refractivity (Wildman–Crippen MR) is 156 cm³/mol. The molecular formula is C23H46Cl2N6O8. The second-order valence-electron chi connectivity index (χ2n) is 8.76. The van der Waals surface area contributed by atoms with Crippen molar-refractivity contribution in [1.29, 1.82) is 0 Å². The van der Waals surface area contributed by atoms with Crippen molar-refractivity contribution in [2.45, 2.75) is 71.5 Å². The van der Waals surface area contributed by atoms with Crippen molar-refractivity contribution in [2.24, 2.45) is 34.8 Å². The van der Waals surface area contributed by atoms with E-state index in [4.69, 9.17) is 44.0 Å². The first-order chi connectivity index (χ1) is 17.0. The number of nitro benzene ring substituents is 1. The Hall–Kier alpha value is -2.75. The number of non-ortho nitro benzene ring substituents is 1. The smallest absolute Gasteiger partial charge is 0.320 e. The van der Waals surface area contributed by atoms with Gasteiger partial charge in [-0.05, 0) is 49.8 Å². The summed E-state index contributed by atoms with van der Waals surface area (Å²) in [5.41, 5.74) is 26.7. The first-order valence-corrected chi connectivity index (χ1v) is 11.6. The van der Waals surface area contributed by atoms with E-state index in [9.17, 15) is 24.5 Å². The first kappa shape index (κ1) is 46.1. The van der Waals surface area contributed by atoms with Gasteiger partial charge in [0.15, 0.2) is 0 Å². The number of hydrogen-bond acceptors (Lipinski definition) is 10. The van der Waals surface area contributed by atoms with Crippen LogP contribution in [0.15, 0.2) is 24.3 Å². The predicted octanol–water partition coefficient (Wildman–Crippen LogP) is 2.05. The molecule has 230 valence electrons. The third kappa shape index (κ3) is 29.7. The average Bonchev–Trinajstić information content (AvgIpc) is 2.79. The maximum atomic E-state index is 10.1. The molecule has 0 amide bonds. The SMILES string of the molecule is CC(C)C(N)C(=O)O.CC(C)CC(N)C(=O)O.Cl.Cl.NCCCCC(N)C(=O)O.Nc1ccc([N+](=O)[O-])cc1. The van der Waals surface area contributed by atoms with Crippen LogP contribution in [0, 0.1) is 22.0 Å². The summed E-state index contributed by atoms with van der Waals surface area (Å²) in [6.45, 7) is 8.05. The highest BCUT2D eigenvalue weighted by Gasteiger charge is 2.14. The molecule has 0 bridgehead atoms. The Bertz CT molecular complexity index is 801. The van der Waals surface area contributed by atoms with Crippen LogP contribution in [0.5, 0.6) is 0 Å². The van der Waals surface area contributed by atoms with Crippen LogP contribution < -0.4 is 28.7 Å². The molecule has 13 N–H and O–H groups in total. The van der Waals surface area contributed by atoms with Crippen molar-refractivity contribution in [1.82, 2.24) is 0 Å². The van der Waals surface area contributed by atoms with E-state index in [0.717, 1.165) is 12.8 Å². The summed E-state index contributed by atoms with van der Waals surface area (Å²) in [5, 5.41) is 34.9. The second kappa shape index (κ2) is 26.8. The van der Waals surface area contributed by atoms with Gasteiger partial charge in [-0.3, -0.25) is 24.5 Å². The van der Waals surface area contributed by atoms with E-state index >= 15 is 0 Å². The molecule has 3 atom stereocenters. The Balaban J connectivity index is -0.000000130. The van der Waals surface area contributed by atoms with Gasteiger partial charge in [0.05, 0.1) is 4.92 Å². The zero-order valence-electron chi connectivity index (χ0n) is 22.8. The lowest BCUT2D eigenvalue weighted by molar-refractivity contribution is -0.384. The van der Waals surface area contributed by atoms with Gasteiger partial charge in [0, 0.05) is 17.8 Å². The van der Waals surface area contributed by atoms with Crippen LogP contribution >= 0.6 is 24.8 Å². The summed E-state index contributed by atoms with van der Waals surface area (Å²) in [4.78, 5) is 39.9. The fourth-order valence-corrected chi connectivity index (χ4v) is 2.12. The fraction of sp³-hybridized carbons (Fsp3) is 0.609. The maximum absolute atomic E-state index is 10.1. The molecule has 14 nitrogen and oxygen atoms in total. The largest absolute Gasteiger partial charge is 0.480 e. The minimum Gasteiger partial charge on any atom is -0.480 e. The van der Waals surface area contributed by atoms with E-state index in [2.05, 4.69) is 0 Å². The number of carbonyl (C=O) groups is 3. The quantitative estimate of drug-likeness (QED) is 0.0776. The van der Waals surface area contributed by atoms with Crippen LogP contribution in [0.4, 0.5) is 11.4 Å². The number of unbranched alkanes of at least 4 members (excludes halogenated alkanes) is 1. The minimum absolute atomic E-state index is 0. The molecule has 1 aromatic carbocycles. The number of nitrogens with zero attached hydrogens (tertiary/aromatic N) is 1. The van der Waals surface area contributed by atoms with Crippen molar-refractivity contribution in [3.05, 3.63) is 34.4 Å². The highest BCUT2D eigenvalue weighted by molar-refractivity contribution is 5.85. The van der Waals surface area contributed by atoms with E-state index in [-0.39, 0.29) is 36.4 Å². The van der Waals surface area contributed by atoms with Crippen molar-refractivity contribution < 1.29 is 34.6 Å². The standard InChI is InChI=1S/C6H6N2O2.C6H14N2O2.C6H13NO2.C5H11NO2.2ClH/c7-5-1-3-6(4-2-5)8(9)10;7-4-2-1-3-5(8)6(9)10;1-4(2)3-5(7)6(8)9;1-3(2)4(6)5(7)8;;/h1-4H,7H2;5H,1-4,7-8H2,(H,9,10);4-5H,3,7H2,1-2H3,(H,8,9);3-4H,6H2,1-2H3,(H,7,8);2*1H. The number of rotatable bonds is 11. The Morgan fingerprint density at radius 3 is 1.51 bits per heavy atom. The Kier molecular flexibility index (Phi) is 31.7. The minimum atomic E-state index is -0.933. The van der Waals surface area contributed by atoms with Gasteiger partial charge < -0.3 is 44.0 Å². The van der Waals surface area contributed by atoms with Crippen molar-refractivity contribution in [3.63, 3.8) is 0 Å². The summed E-state index contributed by atoms with van der Waals surface area (Å²) in [6, 6.07) is 3.62. The Morgan fingerprint density at radius 2 is 1.28 bits per heavy atom. The fourth-order valence-electron chi connectivity index (χ4n) is 2.12. The lowest BCUT2D eigenvalue weighted by atomic mass is 10.1. The molecule has 0 radical (unpaired) electrons. The monoisotopic (exact) mass is 604 g/mol. The summed E-state index contributed by atoms with van der Waals surface area (Å²) in [6.07, 6.45) is 2.72. The molecule has 0 saturated heterocycles. The van der Waals surface area contributed by atoms with Gasteiger partial charge in [-0.2, -0.15) is 0 Å². The zero-order chi connectivity index (χ0) is 29.7. The van der Waals surface area contributed by atoms with Gasteiger partial charge in [0.2, 0.25) is 0 Å². The molecule has 0 aliphatic rings. The van der Waals surface area contributed by atoms with Gasteiger partial charge >= 0.3 is 17.9 Å². The van der Waals surface area contributed by atoms with E-state index in [1.54, 1.807) is 13.8 Å². The van der Waals surface area contributed by atoms with Gasteiger partial charge in [-0.15, -0.1) is 24.8 Å². The molecule has 3 unspecified atom stereocenters. The molecule has 0 fully saturated rings. The molecule has 0 aliphatic heterocycles. The molecule has 16 heteroatoms. The van der Waals surface area contributed by atoms with Crippen molar-refractivity contribution >= 4 is 54.1 Å². The third-order valence-corrected chi connectivity index (χ3v) is 4.44. The number of nitro groups is 1. The molecule has 1 rings (SSSR count). The van der Waals surface area contributed by atoms with Crippen LogP contribution in [0.2, 0.25) is 0 Å². The summed E-state index contributed by atoms with van der Waals surface area (Å²) >= 11 is 0. The highest BCUT2D eigenvalue weighted by atomic mass is 35.5. The number of anilines is 1. The Labute approximate surface area is 241 Å². The number of halogens is 2. The maximum Gasteiger partial charge on any atom is 0.320 e. The summed E-state index contributed by atoms with van der Waals surface area (Å²) < 4.78 is 0. The molecule has 0 spiro atoms. The van der Waals surface area contributed by atoms with Crippen LogP contribution in [0.3, 0.4) is 0 Å². The number of carboxylic acid groups (broad SMARTS) is 3. The molecule has 39 heavy (non-hydrogen) atoms. The molecule has 0 aromatic heterocycles. The molecule has 0 heterocycles. The molecular weight excluding hydrogens is 559 g/mol. The normalized spacial score (nSPS) is 11.7. The number of nitrogen functional groups attached to an aromatic ring is 1. The molecule has 1 aromatic rings. The van der Waals surface area contributed by atoms with E-state index in [1.807, 2.05) is 13.8 Å². The number of nitrogens with two attached hydrogens (primary N) is 5. The lowest BCUT2D eigenvalue weighted by Gasteiger charge is -2.07. The molecule has 0 aliphatic carbocycles. The first-order valence-electron chi connectivity index (χ1n) is 11.6. The highest BCUT2D eigenvalue weighted by Crippen LogP contribution is 2.12. The van der Waals surface area contributed by atoms with Crippen LogP contribution in [-0.2, 0) is 14.4 Å². The van der Waals surface area contributed by atoms with Gasteiger partial charge in [0.25, 0.3) is 5.69 Å². The molecule has 0 saturated carbocycles. The van der Waals surface area contributed by atoms with Crippen LogP contribution in [0.25, 0.3) is 0 Å². The summed E-state index contributed by atoms with van der Waals surface area (Å²) in [5.74, 6) is -2.40. The van der Waals surface area contributed by atoms with Crippen LogP contribution in [-0.4, -0.2) is 62.8 Å².